The van der Waals surface area contributed by atoms with E-state index >= 15 is 0 Å². The molecule has 2 heterocycles. The molecule has 0 amide bonds. The summed E-state index contributed by atoms with van der Waals surface area (Å²) in [5.41, 5.74) is 5.60. The third-order valence-electron chi connectivity index (χ3n) is 4.07. The highest BCUT2D eigenvalue weighted by atomic mass is 16.3. The fourth-order valence-corrected chi connectivity index (χ4v) is 2.70. The topological polar surface area (TPSA) is 38.9 Å². The van der Waals surface area contributed by atoms with Crippen LogP contribution in [0.3, 0.4) is 0 Å². The molecule has 0 radical (unpaired) electrons. The molecule has 114 valence electrons. The van der Waals surface area contributed by atoms with Gasteiger partial charge in [-0.25, -0.2) is 9.97 Å². The van der Waals surface area contributed by atoms with E-state index in [1.54, 1.807) is 0 Å². The molecule has 0 saturated heterocycles. The van der Waals surface area contributed by atoms with Crippen molar-refractivity contribution >= 4 is 22.3 Å². The fourth-order valence-electron chi connectivity index (χ4n) is 2.70. The second kappa shape index (κ2) is 4.92. The summed E-state index contributed by atoms with van der Waals surface area (Å²) in [5, 5.41) is 0. The number of aromatic nitrogens is 2. The highest BCUT2D eigenvalue weighted by molar-refractivity contribution is 5.85. The van der Waals surface area contributed by atoms with Crippen LogP contribution in [0.5, 0.6) is 0 Å². The Kier molecular flexibility index (Phi) is 2.98. The Bertz CT molecular complexity index is 939. The van der Waals surface area contributed by atoms with Crippen molar-refractivity contribution in [2.24, 2.45) is 0 Å². The number of benzene rings is 2. The van der Waals surface area contributed by atoms with Crippen LogP contribution in [0.1, 0.15) is 26.3 Å². The maximum Gasteiger partial charge on any atom is 0.246 e. The zero-order chi connectivity index (χ0) is 16.0. The van der Waals surface area contributed by atoms with Crippen LogP contribution in [0.2, 0.25) is 0 Å². The molecule has 0 aliphatic rings. The molecule has 0 N–H and O–H groups in total. The Hall–Kier alpha value is -2.68. The van der Waals surface area contributed by atoms with Crippen molar-refractivity contribution in [1.29, 1.82) is 0 Å². The molecule has 0 bridgehead atoms. The summed E-state index contributed by atoms with van der Waals surface area (Å²) in [6.45, 7) is 6.63. The minimum atomic E-state index is 0.146. The second-order valence-electron chi connectivity index (χ2n) is 6.84. The maximum absolute atomic E-state index is 5.91. The van der Waals surface area contributed by atoms with E-state index in [1.807, 2.05) is 30.3 Å². The van der Waals surface area contributed by atoms with E-state index in [9.17, 15) is 0 Å². The molecule has 4 rings (SSSR count). The fraction of sp³-hybridized carbons (Fsp3) is 0.200. The Labute approximate surface area is 135 Å². The van der Waals surface area contributed by atoms with Crippen LogP contribution in [-0.4, -0.2) is 9.97 Å². The first-order chi connectivity index (χ1) is 11.0. The minimum absolute atomic E-state index is 0.146. The number of rotatable bonds is 1. The Balaban J connectivity index is 1.81. The first-order valence-corrected chi connectivity index (χ1v) is 7.78. The van der Waals surface area contributed by atoms with Crippen LogP contribution < -0.4 is 0 Å². The van der Waals surface area contributed by atoms with Crippen molar-refractivity contribution in [2.75, 3.05) is 0 Å². The molecule has 23 heavy (non-hydrogen) atoms. The molecular formula is C20H18N2O. The Morgan fingerprint density at radius 3 is 2.09 bits per heavy atom. The summed E-state index contributed by atoms with van der Waals surface area (Å²) in [6, 6.07) is 18.3. The van der Waals surface area contributed by atoms with E-state index in [4.69, 9.17) is 4.42 Å². The Morgan fingerprint density at radius 2 is 1.43 bits per heavy atom. The average Bonchev–Trinajstić information content (AvgIpc) is 2.94. The zero-order valence-corrected chi connectivity index (χ0v) is 13.5. The zero-order valence-electron chi connectivity index (χ0n) is 13.5. The van der Waals surface area contributed by atoms with Crippen LogP contribution in [-0.2, 0) is 5.41 Å². The van der Waals surface area contributed by atoms with E-state index in [0.717, 1.165) is 27.9 Å². The lowest BCUT2D eigenvalue weighted by molar-refractivity contribution is 0.589. The molecule has 0 aliphatic heterocycles. The van der Waals surface area contributed by atoms with Gasteiger partial charge in [0.15, 0.2) is 0 Å². The summed E-state index contributed by atoms with van der Waals surface area (Å²) in [4.78, 5) is 9.18. The van der Waals surface area contributed by atoms with E-state index in [-0.39, 0.29) is 5.41 Å². The molecule has 0 saturated carbocycles. The Morgan fingerprint density at radius 1 is 0.783 bits per heavy atom. The van der Waals surface area contributed by atoms with Gasteiger partial charge in [-0.15, -0.1) is 0 Å². The van der Waals surface area contributed by atoms with E-state index in [1.165, 1.54) is 5.56 Å². The summed E-state index contributed by atoms with van der Waals surface area (Å²) >= 11 is 0. The minimum Gasteiger partial charge on any atom is -0.436 e. The van der Waals surface area contributed by atoms with Gasteiger partial charge in [-0.3, -0.25) is 0 Å². The van der Waals surface area contributed by atoms with Gasteiger partial charge in [-0.1, -0.05) is 57.2 Å². The number of hydrogen-bond donors (Lipinski definition) is 0. The van der Waals surface area contributed by atoms with Gasteiger partial charge >= 0.3 is 0 Å². The van der Waals surface area contributed by atoms with Crippen LogP contribution in [0.25, 0.3) is 33.6 Å². The van der Waals surface area contributed by atoms with Crippen LogP contribution in [0.15, 0.2) is 59.0 Å². The molecule has 0 atom stereocenters. The standard InChI is InChI=1S/C20H18N2O/c1-20(2,3)14-10-8-13(9-11-14)18-12-17-19(23-18)22-16-7-5-4-6-15(16)21-17/h4-12H,1-3H3. The number of para-hydroxylation sites is 2. The van der Waals surface area contributed by atoms with Crippen LogP contribution in [0, 0.1) is 0 Å². The number of nitrogens with zero attached hydrogens (tertiary/aromatic N) is 2. The van der Waals surface area contributed by atoms with E-state index in [2.05, 4.69) is 55.0 Å². The number of hydrogen-bond acceptors (Lipinski definition) is 3. The van der Waals surface area contributed by atoms with E-state index < -0.39 is 0 Å². The van der Waals surface area contributed by atoms with Gasteiger partial charge in [0.25, 0.3) is 0 Å². The molecule has 0 spiro atoms. The summed E-state index contributed by atoms with van der Waals surface area (Å²) < 4.78 is 5.91. The van der Waals surface area contributed by atoms with Crippen molar-refractivity contribution < 1.29 is 4.42 Å². The normalized spacial score (nSPS) is 12.1. The van der Waals surface area contributed by atoms with Crippen molar-refractivity contribution in [3.05, 3.63) is 60.2 Å². The van der Waals surface area contributed by atoms with Gasteiger partial charge in [0.05, 0.1) is 11.0 Å². The quantitative estimate of drug-likeness (QED) is 0.476. The highest BCUT2D eigenvalue weighted by Crippen LogP contribution is 2.29. The lowest BCUT2D eigenvalue weighted by Gasteiger charge is -2.18. The maximum atomic E-state index is 5.91. The summed E-state index contributed by atoms with van der Waals surface area (Å²) in [5.74, 6) is 0.802. The molecule has 2 aromatic carbocycles. The predicted octanol–water partition coefficient (Wildman–Crippen LogP) is 5.34. The molecule has 3 heteroatoms. The number of fused-ring (bicyclic) bond motifs is 2. The monoisotopic (exact) mass is 302 g/mol. The largest absolute Gasteiger partial charge is 0.436 e. The van der Waals surface area contributed by atoms with Gasteiger partial charge < -0.3 is 4.42 Å². The molecule has 3 nitrogen and oxygen atoms in total. The SMILES string of the molecule is CC(C)(C)c1ccc(-c2cc3nc4ccccc4nc3o2)cc1. The van der Waals surface area contributed by atoms with Gasteiger partial charge in [0, 0.05) is 11.6 Å². The molecule has 2 aromatic heterocycles. The third-order valence-corrected chi connectivity index (χ3v) is 4.07. The summed E-state index contributed by atoms with van der Waals surface area (Å²) in [6.07, 6.45) is 0. The van der Waals surface area contributed by atoms with Crippen LogP contribution >= 0.6 is 0 Å². The van der Waals surface area contributed by atoms with Crippen molar-refractivity contribution in [1.82, 2.24) is 9.97 Å². The van der Waals surface area contributed by atoms with Crippen LogP contribution in [0.4, 0.5) is 0 Å². The first-order valence-electron chi connectivity index (χ1n) is 7.78. The molecule has 4 aromatic rings. The van der Waals surface area contributed by atoms with Crippen molar-refractivity contribution in [3.8, 4) is 11.3 Å². The second-order valence-corrected chi connectivity index (χ2v) is 6.84. The lowest BCUT2D eigenvalue weighted by Crippen LogP contribution is -2.10. The number of furan rings is 1. The third kappa shape index (κ3) is 2.48. The van der Waals surface area contributed by atoms with Gasteiger partial charge in [-0.2, -0.15) is 0 Å². The molecule has 0 unspecified atom stereocenters. The lowest BCUT2D eigenvalue weighted by atomic mass is 9.86. The first kappa shape index (κ1) is 13.9. The molecular weight excluding hydrogens is 284 g/mol. The van der Waals surface area contributed by atoms with Gasteiger partial charge in [-0.05, 0) is 23.1 Å². The van der Waals surface area contributed by atoms with Gasteiger partial charge in [0.2, 0.25) is 5.71 Å². The molecule has 0 aliphatic carbocycles. The predicted molar refractivity (Wildman–Crippen MR) is 93.4 cm³/mol. The van der Waals surface area contributed by atoms with Crippen molar-refractivity contribution in [2.45, 2.75) is 26.2 Å². The summed E-state index contributed by atoms with van der Waals surface area (Å²) in [7, 11) is 0. The van der Waals surface area contributed by atoms with Gasteiger partial charge in [0.1, 0.15) is 11.3 Å². The average molecular weight is 302 g/mol. The molecule has 0 fully saturated rings. The highest BCUT2D eigenvalue weighted by Gasteiger charge is 2.14. The van der Waals surface area contributed by atoms with Crippen molar-refractivity contribution in [3.63, 3.8) is 0 Å². The van der Waals surface area contributed by atoms with E-state index in [0.29, 0.717) is 5.71 Å². The smallest absolute Gasteiger partial charge is 0.246 e.